The number of nitrogens with one attached hydrogen (secondary N) is 1. The predicted molar refractivity (Wildman–Crippen MR) is 96.8 cm³/mol. The third-order valence-corrected chi connectivity index (χ3v) is 4.39. The van der Waals surface area contributed by atoms with Crippen LogP contribution in [0.15, 0.2) is 52.5 Å². The van der Waals surface area contributed by atoms with Gasteiger partial charge in [-0.25, -0.2) is 0 Å². The third kappa shape index (κ3) is 5.45. The van der Waals surface area contributed by atoms with E-state index in [1.54, 1.807) is 7.11 Å². The van der Waals surface area contributed by atoms with Crippen LogP contribution in [-0.4, -0.2) is 24.9 Å². The molecule has 0 atom stereocenters. The van der Waals surface area contributed by atoms with Crippen LogP contribution in [0.1, 0.15) is 11.1 Å². The minimum atomic E-state index is -0.0306. The number of hydrazone groups is 1. The van der Waals surface area contributed by atoms with Crippen molar-refractivity contribution in [3.8, 4) is 5.75 Å². The van der Waals surface area contributed by atoms with Gasteiger partial charge in [-0.1, -0.05) is 17.7 Å². The lowest BCUT2D eigenvalue weighted by atomic mass is 10.2. The summed E-state index contributed by atoms with van der Waals surface area (Å²) in [5.74, 6) is 1.12. The molecule has 0 aliphatic heterocycles. The van der Waals surface area contributed by atoms with Gasteiger partial charge in [-0.15, -0.1) is 11.8 Å². The molecule has 0 bridgehead atoms. The van der Waals surface area contributed by atoms with Gasteiger partial charge in [0.2, 0.25) is 0 Å². The fourth-order valence-electron chi connectivity index (χ4n) is 1.89. The average Bonchev–Trinajstić information content (AvgIpc) is 2.56. The number of ether oxygens (including phenoxy) is 1. The average molecular weight is 328 g/mol. The van der Waals surface area contributed by atoms with E-state index >= 15 is 0 Å². The summed E-state index contributed by atoms with van der Waals surface area (Å²) < 4.78 is 5.08. The number of hydrogen-bond acceptors (Lipinski definition) is 5. The molecule has 0 saturated heterocycles. The van der Waals surface area contributed by atoms with Crippen LogP contribution in [0.3, 0.4) is 0 Å². The van der Waals surface area contributed by atoms with E-state index in [9.17, 15) is 4.79 Å². The largest absolute Gasteiger partial charge is 0.497 e. The molecular formula is C18H20N2O2S. The van der Waals surface area contributed by atoms with Crippen LogP contribution >= 0.6 is 11.8 Å². The highest BCUT2D eigenvalue weighted by Crippen LogP contribution is 2.23. The molecular weight excluding hydrogens is 308 g/mol. The number of aryl methyl sites for hydroxylation is 2. The van der Waals surface area contributed by atoms with E-state index in [2.05, 4.69) is 28.7 Å². The Morgan fingerprint density at radius 1 is 1.22 bits per heavy atom. The van der Waals surface area contributed by atoms with E-state index in [1.807, 2.05) is 38.1 Å². The van der Waals surface area contributed by atoms with Crippen LogP contribution in [0, 0.1) is 13.8 Å². The van der Waals surface area contributed by atoms with Crippen molar-refractivity contribution in [2.45, 2.75) is 18.7 Å². The minimum absolute atomic E-state index is 0.0306. The molecule has 2 rings (SSSR count). The first-order chi connectivity index (χ1) is 11.1. The second kappa shape index (κ2) is 8.39. The normalized spacial score (nSPS) is 10.7. The molecule has 2 aromatic rings. The Kier molecular flexibility index (Phi) is 6.23. The first kappa shape index (κ1) is 17.1. The van der Waals surface area contributed by atoms with Crippen LogP contribution in [-0.2, 0) is 4.79 Å². The van der Waals surface area contributed by atoms with Crippen molar-refractivity contribution in [1.82, 2.24) is 0 Å². The minimum Gasteiger partial charge on any atom is -0.497 e. The van der Waals surface area contributed by atoms with Gasteiger partial charge in [-0.2, -0.15) is 5.10 Å². The van der Waals surface area contributed by atoms with Crippen molar-refractivity contribution in [2.75, 3.05) is 18.3 Å². The molecule has 0 aliphatic carbocycles. The molecule has 1 N–H and O–H groups in total. The van der Waals surface area contributed by atoms with Crippen LogP contribution < -0.4 is 10.2 Å². The zero-order valence-corrected chi connectivity index (χ0v) is 14.3. The van der Waals surface area contributed by atoms with Crippen molar-refractivity contribution >= 4 is 29.4 Å². The Morgan fingerprint density at radius 3 is 2.65 bits per heavy atom. The van der Waals surface area contributed by atoms with E-state index in [0.717, 1.165) is 16.3 Å². The van der Waals surface area contributed by atoms with Gasteiger partial charge in [-0.3, -0.25) is 10.2 Å². The van der Waals surface area contributed by atoms with Crippen molar-refractivity contribution in [1.29, 1.82) is 0 Å². The Morgan fingerprint density at radius 2 is 1.96 bits per heavy atom. The molecule has 23 heavy (non-hydrogen) atoms. The number of carbonyl (C=O) groups is 1. The zero-order valence-electron chi connectivity index (χ0n) is 13.5. The third-order valence-electron chi connectivity index (χ3n) is 3.21. The Bertz CT molecular complexity index is 697. The van der Waals surface area contributed by atoms with E-state index in [0.29, 0.717) is 5.75 Å². The predicted octanol–water partition coefficient (Wildman–Crippen LogP) is 4.07. The van der Waals surface area contributed by atoms with Crippen molar-refractivity contribution in [3.63, 3.8) is 0 Å². The van der Waals surface area contributed by atoms with Gasteiger partial charge in [0.15, 0.2) is 5.78 Å². The molecule has 120 valence electrons. The molecule has 0 spiro atoms. The fourth-order valence-corrected chi connectivity index (χ4v) is 2.83. The molecule has 0 amide bonds. The maximum absolute atomic E-state index is 11.9. The molecule has 0 aromatic heterocycles. The maximum atomic E-state index is 11.9. The summed E-state index contributed by atoms with van der Waals surface area (Å²) in [6.45, 7) is 4.09. The Balaban J connectivity index is 1.82. The smallest absolute Gasteiger partial charge is 0.185 e. The van der Waals surface area contributed by atoms with Gasteiger partial charge in [0.25, 0.3) is 0 Å². The molecule has 2 aromatic carbocycles. The molecule has 4 nitrogen and oxygen atoms in total. The summed E-state index contributed by atoms with van der Waals surface area (Å²) in [7, 11) is 1.62. The molecule has 0 saturated carbocycles. The summed E-state index contributed by atoms with van der Waals surface area (Å²) >= 11 is 1.54. The first-order valence-corrected chi connectivity index (χ1v) is 8.23. The number of carbonyl (C=O) groups excluding carboxylic acids is 1. The highest BCUT2D eigenvalue weighted by molar-refractivity contribution is 8.00. The molecule has 0 heterocycles. The summed E-state index contributed by atoms with van der Waals surface area (Å²) in [6.07, 6.45) is 1.32. The number of Topliss-reactive ketones (excluding diaryl/α,β-unsaturated/α-hetero) is 1. The number of ketones is 1. The van der Waals surface area contributed by atoms with Gasteiger partial charge in [0.05, 0.1) is 24.8 Å². The monoisotopic (exact) mass is 328 g/mol. The van der Waals surface area contributed by atoms with Gasteiger partial charge < -0.3 is 4.74 Å². The maximum Gasteiger partial charge on any atom is 0.185 e. The first-order valence-electron chi connectivity index (χ1n) is 7.24. The van der Waals surface area contributed by atoms with Crippen LogP contribution in [0.5, 0.6) is 5.75 Å². The van der Waals surface area contributed by atoms with Gasteiger partial charge in [0, 0.05) is 4.90 Å². The van der Waals surface area contributed by atoms with Crippen molar-refractivity contribution in [3.05, 3.63) is 53.6 Å². The van der Waals surface area contributed by atoms with E-state index in [4.69, 9.17) is 4.74 Å². The molecule has 0 fully saturated rings. The zero-order chi connectivity index (χ0) is 16.7. The molecule has 0 unspecified atom stereocenters. The van der Waals surface area contributed by atoms with Crippen molar-refractivity contribution in [2.24, 2.45) is 5.10 Å². The second-order valence-corrected chi connectivity index (χ2v) is 6.14. The van der Waals surface area contributed by atoms with Gasteiger partial charge >= 0.3 is 0 Å². The summed E-state index contributed by atoms with van der Waals surface area (Å²) in [4.78, 5) is 13.0. The number of hydrogen-bond donors (Lipinski definition) is 1. The number of benzene rings is 2. The Hall–Kier alpha value is -2.27. The van der Waals surface area contributed by atoms with Crippen LogP contribution in [0.2, 0.25) is 0 Å². The van der Waals surface area contributed by atoms with E-state index in [1.165, 1.54) is 29.1 Å². The fraction of sp³-hybridized carbons (Fsp3) is 0.222. The van der Waals surface area contributed by atoms with Crippen LogP contribution in [0.25, 0.3) is 0 Å². The summed E-state index contributed by atoms with van der Waals surface area (Å²) in [6, 6.07) is 13.6. The van der Waals surface area contributed by atoms with E-state index in [-0.39, 0.29) is 5.78 Å². The lowest BCUT2D eigenvalue weighted by Crippen LogP contribution is -2.04. The summed E-state index contributed by atoms with van der Waals surface area (Å²) in [5, 5.41) is 3.97. The topological polar surface area (TPSA) is 50.7 Å². The second-order valence-electron chi connectivity index (χ2n) is 5.12. The summed E-state index contributed by atoms with van der Waals surface area (Å²) in [5.41, 5.74) is 6.01. The van der Waals surface area contributed by atoms with Crippen molar-refractivity contribution < 1.29 is 9.53 Å². The quantitative estimate of drug-likeness (QED) is 0.473. The molecule has 0 radical (unpaired) electrons. The lowest BCUT2D eigenvalue weighted by Gasteiger charge is -2.05. The number of nitrogens with zero attached hydrogens (tertiary/aromatic N) is 1. The highest BCUT2D eigenvalue weighted by atomic mass is 32.2. The standard InChI is InChI=1S/C18H20N2O2S/c1-13-4-5-14(2)18(10-13)23-12-16(21)11-19-20-15-6-8-17(22-3)9-7-15/h4-11,20H,12H2,1-3H3. The van der Waals surface area contributed by atoms with Gasteiger partial charge in [0.1, 0.15) is 5.75 Å². The SMILES string of the molecule is COc1ccc(NN=CC(=O)CSc2cc(C)ccc2C)cc1. The molecule has 5 heteroatoms. The number of rotatable bonds is 7. The van der Waals surface area contributed by atoms with Gasteiger partial charge in [-0.05, 0) is 49.7 Å². The Labute approximate surface area is 140 Å². The number of anilines is 1. The number of thioether (sulfide) groups is 1. The highest BCUT2D eigenvalue weighted by Gasteiger charge is 2.03. The van der Waals surface area contributed by atoms with Crippen LogP contribution in [0.4, 0.5) is 5.69 Å². The number of methoxy groups -OCH3 is 1. The lowest BCUT2D eigenvalue weighted by molar-refractivity contribution is -0.110. The van der Waals surface area contributed by atoms with E-state index < -0.39 is 0 Å². The molecule has 0 aliphatic rings.